The first-order valence-corrected chi connectivity index (χ1v) is 16.2. The molecule has 5 heteroatoms. The van der Waals surface area contributed by atoms with Crippen LogP contribution in [0, 0.1) is 0 Å². The number of carbonyl (C=O) groups is 2. The maximum atomic E-state index is 12.0. The van der Waals surface area contributed by atoms with Gasteiger partial charge in [-0.15, -0.1) is 0 Å². The second kappa shape index (κ2) is 19.8. The van der Waals surface area contributed by atoms with Gasteiger partial charge in [0, 0.05) is 6.42 Å². The Morgan fingerprint density at radius 1 is 0.613 bits per heavy atom. The summed E-state index contributed by atoms with van der Waals surface area (Å²) < 4.78 is 0. The van der Waals surface area contributed by atoms with E-state index in [1.54, 1.807) is 0 Å². The zero-order valence-corrected chi connectivity index (χ0v) is 22.1. The topological polar surface area (TPSA) is 74.6 Å². The molecule has 0 amide bonds. The number of hydrogen-bond donors (Lipinski definition) is 2. The van der Waals surface area contributed by atoms with Gasteiger partial charge >= 0.3 is 11.9 Å². The molecule has 1 atom stereocenters. The maximum absolute atomic E-state index is 12.0. The lowest BCUT2D eigenvalue weighted by Gasteiger charge is -2.33. The molecule has 0 heterocycles. The molecule has 0 rings (SSSR count). The number of unbranched alkanes of at least 4 members (excludes halogenated alkanes) is 15. The predicted octanol–water partition coefficient (Wildman–Crippen LogP) is 8.20. The molecule has 31 heavy (non-hydrogen) atoms. The highest BCUT2D eigenvalue weighted by atomic mass is 28.3. The van der Waals surface area contributed by atoms with E-state index >= 15 is 0 Å². The quantitative estimate of drug-likeness (QED) is 0.120. The van der Waals surface area contributed by atoms with Gasteiger partial charge in [0.1, 0.15) is 0 Å². The van der Waals surface area contributed by atoms with Gasteiger partial charge in [0.05, 0.1) is 13.8 Å². The largest absolute Gasteiger partial charge is 0.481 e. The molecule has 0 saturated heterocycles. The first-order chi connectivity index (χ1) is 14.9. The minimum atomic E-state index is -1.43. The van der Waals surface area contributed by atoms with Crippen molar-refractivity contribution in [1.29, 1.82) is 0 Å². The molecule has 0 aliphatic rings. The Bertz CT molecular complexity index is 453. The van der Waals surface area contributed by atoms with Crippen LogP contribution in [0.5, 0.6) is 0 Å². The highest BCUT2D eigenvalue weighted by Gasteiger charge is 2.41. The van der Waals surface area contributed by atoms with Crippen LogP contribution in [0.2, 0.25) is 18.1 Å². The number of carboxylic acid groups (broad SMARTS) is 2. The number of rotatable bonds is 23. The second-order valence-corrected chi connectivity index (χ2v) is 13.3. The summed E-state index contributed by atoms with van der Waals surface area (Å²) in [5.74, 6) is -1.52. The fourth-order valence-electron chi connectivity index (χ4n) is 4.71. The molecule has 0 saturated carbocycles. The molecular formula is C26H52O4Si. The Hall–Kier alpha value is -0.843. The molecule has 0 aromatic carbocycles. The molecular weight excluding hydrogens is 404 g/mol. The molecule has 0 fully saturated rings. The van der Waals surface area contributed by atoms with Crippen molar-refractivity contribution < 1.29 is 19.8 Å². The lowest BCUT2D eigenvalue weighted by Crippen LogP contribution is -2.35. The minimum Gasteiger partial charge on any atom is -0.481 e. The summed E-state index contributed by atoms with van der Waals surface area (Å²) in [7, 11) is -1.43. The van der Waals surface area contributed by atoms with Crippen LogP contribution in [0.3, 0.4) is 0 Å². The third-order valence-corrected chi connectivity index (χ3v) is 10.1. The van der Waals surface area contributed by atoms with Crippen molar-refractivity contribution in [3.05, 3.63) is 0 Å². The Morgan fingerprint density at radius 2 is 0.968 bits per heavy atom. The van der Waals surface area contributed by atoms with Crippen LogP contribution in [0.1, 0.15) is 135 Å². The van der Waals surface area contributed by atoms with Crippen LogP contribution in [0.15, 0.2) is 0 Å². The van der Waals surface area contributed by atoms with E-state index in [-0.39, 0.29) is 6.42 Å². The van der Waals surface area contributed by atoms with Gasteiger partial charge in [-0.25, -0.2) is 0 Å². The summed E-state index contributed by atoms with van der Waals surface area (Å²) in [5.41, 5.74) is 0. The molecule has 0 aliphatic heterocycles. The number of aliphatic carboxylic acids is 2. The maximum Gasteiger partial charge on any atom is 0.306 e. The van der Waals surface area contributed by atoms with Gasteiger partial charge in [0.15, 0.2) is 0 Å². The minimum absolute atomic E-state index is 0.0785. The lowest BCUT2D eigenvalue weighted by atomic mass is 9.93. The zero-order chi connectivity index (χ0) is 23.4. The van der Waals surface area contributed by atoms with Gasteiger partial charge in [-0.1, -0.05) is 123 Å². The van der Waals surface area contributed by atoms with Crippen LogP contribution in [-0.4, -0.2) is 30.9 Å². The second-order valence-electron chi connectivity index (χ2n) is 9.92. The number of hydrogen-bond acceptors (Lipinski definition) is 2. The van der Waals surface area contributed by atoms with Crippen LogP contribution in [0.4, 0.5) is 0 Å². The van der Waals surface area contributed by atoms with Crippen LogP contribution in [-0.2, 0) is 9.59 Å². The Kier molecular flexibility index (Phi) is 19.3. The van der Waals surface area contributed by atoms with E-state index in [0.29, 0.717) is 12.8 Å². The van der Waals surface area contributed by atoms with Crippen molar-refractivity contribution in [2.45, 2.75) is 153 Å². The Morgan fingerprint density at radius 3 is 1.29 bits per heavy atom. The third kappa shape index (κ3) is 15.6. The predicted molar refractivity (Wildman–Crippen MR) is 135 cm³/mol. The van der Waals surface area contributed by atoms with E-state index < -0.39 is 25.8 Å². The van der Waals surface area contributed by atoms with E-state index in [9.17, 15) is 14.7 Å². The highest BCUT2D eigenvalue weighted by molar-refractivity contribution is 6.63. The van der Waals surface area contributed by atoms with Crippen LogP contribution in [0.25, 0.3) is 0 Å². The van der Waals surface area contributed by atoms with Gasteiger partial charge in [0.2, 0.25) is 0 Å². The molecule has 0 aromatic heterocycles. The summed E-state index contributed by atoms with van der Waals surface area (Å²) in [5, 5.41) is 18.1. The lowest BCUT2D eigenvalue weighted by molar-refractivity contribution is -0.142. The van der Waals surface area contributed by atoms with E-state index in [1.165, 1.54) is 89.9 Å². The standard InChI is InChI=1S/C26H52O4Si/c1-4-5-6-7-8-9-10-11-12-13-14-15-16-17-18-19-22-26(25(29)30,31(2)3)23-20-21-24(27)28/h31H,4-23H2,1-3H3,(H,27,28)(H,29,30). The Labute approximate surface area is 194 Å². The van der Waals surface area contributed by atoms with Crippen LogP contribution >= 0.6 is 0 Å². The zero-order valence-electron chi connectivity index (χ0n) is 20.9. The van der Waals surface area contributed by atoms with E-state index in [2.05, 4.69) is 20.0 Å². The molecule has 4 nitrogen and oxygen atoms in total. The van der Waals surface area contributed by atoms with Gasteiger partial charge in [0.25, 0.3) is 0 Å². The van der Waals surface area contributed by atoms with Gasteiger partial charge in [-0.3, -0.25) is 9.59 Å². The Balaban J connectivity index is 3.75. The summed E-state index contributed by atoms with van der Waals surface area (Å²) in [6.45, 7) is 6.47. The van der Waals surface area contributed by atoms with E-state index in [1.807, 2.05) is 0 Å². The smallest absolute Gasteiger partial charge is 0.306 e. The highest BCUT2D eigenvalue weighted by Crippen LogP contribution is 2.42. The van der Waals surface area contributed by atoms with Crippen molar-refractivity contribution in [1.82, 2.24) is 0 Å². The van der Waals surface area contributed by atoms with Crippen LogP contribution < -0.4 is 0 Å². The first kappa shape index (κ1) is 30.2. The third-order valence-electron chi connectivity index (χ3n) is 7.02. The van der Waals surface area contributed by atoms with Crippen molar-refractivity contribution in [3.8, 4) is 0 Å². The summed E-state index contributed by atoms with van der Waals surface area (Å²) in [6.07, 6.45) is 22.9. The molecule has 184 valence electrons. The van der Waals surface area contributed by atoms with E-state index in [0.717, 1.165) is 19.3 Å². The van der Waals surface area contributed by atoms with E-state index in [4.69, 9.17) is 5.11 Å². The summed E-state index contributed by atoms with van der Waals surface area (Å²) >= 11 is 0. The van der Waals surface area contributed by atoms with Crippen molar-refractivity contribution >= 4 is 20.7 Å². The average molecular weight is 457 g/mol. The first-order valence-electron chi connectivity index (χ1n) is 13.3. The molecule has 0 bridgehead atoms. The van der Waals surface area contributed by atoms with Gasteiger partial charge < -0.3 is 10.2 Å². The molecule has 2 N–H and O–H groups in total. The summed E-state index contributed by atoms with van der Waals surface area (Å²) in [4.78, 5) is 22.8. The van der Waals surface area contributed by atoms with Gasteiger partial charge in [-0.05, 0) is 19.3 Å². The molecule has 1 unspecified atom stereocenters. The fraction of sp³-hybridized carbons (Fsp3) is 0.923. The molecule has 0 aromatic rings. The number of carboxylic acids is 2. The molecule has 0 radical (unpaired) electrons. The summed E-state index contributed by atoms with van der Waals surface area (Å²) in [6, 6.07) is 0. The van der Waals surface area contributed by atoms with Crippen molar-refractivity contribution in [2.75, 3.05) is 0 Å². The normalized spacial score (nSPS) is 13.4. The molecule has 0 aliphatic carbocycles. The van der Waals surface area contributed by atoms with Crippen molar-refractivity contribution in [2.24, 2.45) is 0 Å². The van der Waals surface area contributed by atoms with Crippen molar-refractivity contribution in [3.63, 3.8) is 0 Å². The fourth-order valence-corrected chi connectivity index (χ4v) is 6.76. The molecule has 0 spiro atoms. The average Bonchev–Trinajstić information content (AvgIpc) is 2.71. The van der Waals surface area contributed by atoms with Gasteiger partial charge in [-0.2, -0.15) is 0 Å². The SMILES string of the molecule is CCCCCCCCCCCCCCCCCCC(CCCC(=O)O)(C(=O)O)[SiH](C)C. The monoisotopic (exact) mass is 456 g/mol.